The number of aliphatic hydroxyl groups excluding tert-OH is 1. The quantitative estimate of drug-likeness (QED) is 0.862. The van der Waals surface area contributed by atoms with Gasteiger partial charge in [0, 0.05) is 18.9 Å². The molecule has 1 aromatic heterocycles. The summed E-state index contributed by atoms with van der Waals surface area (Å²) in [4.78, 5) is 3.35. The smallest absolute Gasteiger partial charge is 0.384 e. The van der Waals surface area contributed by atoms with Crippen molar-refractivity contribution in [1.82, 2.24) is 9.55 Å². The van der Waals surface area contributed by atoms with Gasteiger partial charge in [-0.2, -0.15) is 26.3 Å². The van der Waals surface area contributed by atoms with Crippen LogP contribution < -0.4 is 0 Å². The van der Waals surface area contributed by atoms with E-state index in [0.717, 1.165) is 10.8 Å². The summed E-state index contributed by atoms with van der Waals surface area (Å²) in [7, 11) is 0. The number of hydrogen-bond donors (Lipinski definition) is 1. The number of halogens is 6. The van der Waals surface area contributed by atoms with Crippen LogP contribution in [0.25, 0.3) is 0 Å². The zero-order valence-corrected chi connectivity index (χ0v) is 9.13. The van der Waals surface area contributed by atoms with Crippen molar-refractivity contribution in [2.75, 3.05) is 0 Å². The van der Waals surface area contributed by atoms with Crippen LogP contribution in [0.5, 0.6) is 0 Å². The normalized spacial score (nSPS) is 15.2. The molecule has 1 rings (SSSR count). The molecule has 0 radical (unpaired) electrons. The summed E-state index contributed by atoms with van der Waals surface area (Å²) in [6, 6.07) is 0. The Hall–Kier alpha value is -1.25. The van der Waals surface area contributed by atoms with Gasteiger partial charge in [0.15, 0.2) is 5.92 Å². The summed E-state index contributed by atoms with van der Waals surface area (Å²) >= 11 is 0. The molecule has 0 aliphatic rings. The lowest BCUT2D eigenvalue weighted by Crippen LogP contribution is -2.41. The van der Waals surface area contributed by atoms with E-state index in [2.05, 4.69) is 4.98 Å². The lowest BCUT2D eigenvalue weighted by atomic mass is 10.0. The fraction of sp³-hybridized carbons (Fsp3) is 0.667. The summed E-state index contributed by atoms with van der Waals surface area (Å²) in [6.07, 6.45) is -11.7. The van der Waals surface area contributed by atoms with Gasteiger partial charge in [-0.3, -0.25) is 0 Å². The van der Waals surface area contributed by atoms with Crippen molar-refractivity contribution in [1.29, 1.82) is 0 Å². The topological polar surface area (TPSA) is 38.0 Å². The minimum absolute atomic E-state index is 0.106. The molecule has 1 unspecified atom stereocenters. The summed E-state index contributed by atoms with van der Waals surface area (Å²) in [5, 5.41) is 9.33. The van der Waals surface area contributed by atoms with E-state index in [1.54, 1.807) is 0 Å². The molecule has 1 aromatic rings. The van der Waals surface area contributed by atoms with E-state index in [4.69, 9.17) is 0 Å². The first kappa shape index (κ1) is 14.8. The zero-order chi connectivity index (χ0) is 14.1. The molecule has 18 heavy (non-hydrogen) atoms. The lowest BCUT2D eigenvalue weighted by Gasteiger charge is -2.27. The molecular formula is C9H10F6N2O. The molecule has 3 nitrogen and oxygen atoms in total. The molecule has 0 saturated heterocycles. The van der Waals surface area contributed by atoms with E-state index in [0.29, 0.717) is 0 Å². The molecular weight excluding hydrogens is 266 g/mol. The van der Waals surface area contributed by atoms with E-state index in [1.807, 2.05) is 0 Å². The number of alkyl halides is 6. The molecule has 1 atom stereocenters. The van der Waals surface area contributed by atoms with Gasteiger partial charge in [-0.25, -0.2) is 4.98 Å². The Morgan fingerprint density at radius 2 is 1.72 bits per heavy atom. The number of imidazole rings is 1. The van der Waals surface area contributed by atoms with Crippen molar-refractivity contribution in [2.45, 2.75) is 31.9 Å². The highest BCUT2D eigenvalue weighted by Gasteiger charge is 2.61. The highest BCUT2D eigenvalue weighted by molar-refractivity contribution is 5.01. The van der Waals surface area contributed by atoms with Gasteiger partial charge in [-0.05, 0) is 6.92 Å². The average molecular weight is 276 g/mol. The van der Waals surface area contributed by atoms with Crippen molar-refractivity contribution < 1.29 is 31.4 Å². The average Bonchev–Trinajstić information content (AvgIpc) is 2.59. The third-order valence-corrected chi connectivity index (χ3v) is 2.37. The van der Waals surface area contributed by atoms with Gasteiger partial charge in [-0.15, -0.1) is 0 Å². The van der Waals surface area contributed by atoms with Crippen molar-refractivity contribution in [3.63, 3.8) is 0 Å². The maximum absolute atomic E-state index is 12.4. The molecule has 9 heteroatoms. The van der Waals surface area contributed by atoms with E-state index in [1.165, 1.54) is 13.1 Å². The first-order valence-corrected chi connectivity index (χ1v) is 4.91. The van der Waals surface area contributed by atoms with Gasteiger partial charge in [0.2, 0.25) is 0 Å². The van der Waals surface area contributed by atoms with E-state index >= 15 is 0 Å². The Bertz CT molecular complexity index is 382. The minimum atomic E-state index is -5.60. The van der Waals surface area contributed by atoms with Crippen LogP contribution in [-0.4, -0.2) is 27.0 Å². The summed E-state index contributed by atoms with van der Waals surface area (Å²) in [6.45, 7) is 1.61. The van der Waals surface area contributed by atoms with Gasteiger partial charge in [0.05, 0.1) is 0 Å². The van der Waals surface area contributed by atoms with Crippen LogP contribution in [-0.2, 0) is 6.54 Å². The molecule has 0 spiro atoms. The first-order chi connectivity index (χ1) is 8.09. The Kier molecular flexibility index (Phi) is 3.94. The second-order valence-corrected chi connectivity index (χ2v) is 3.58. The minimum Gasteiger partial charge on any atom is -0.384 e. The fourth-order valence-corrected chi connectivity index (χ4v) is 1.55. The third kappa shape index (κ3) is 2.95. The monoisotopic (exact) mass is 276 g/mol. The maximum Gasteiger partial charge on any atom is 0.403 e. The van der Waals surface area contributed by atoms with E-state index < -0.39 is 30.2 Å². The van der Waals surface area contributed by atoms with Crippen LogP contribution in [0.1, 0.15) is 18.9 Å². The highest BCUT2D eigenvalue weighted by atomic mass is 19.4. The molecule has 0 amide bonds. The van der Waals surface area contributed by atoms with Crippen molar-refractivity contribution in [2.24, 2.45) is 5.92 Å². The number of aliphatic hydroxyl groups is 1. The maximum atomic E-state index is 12.4. The van der Waals surface area contributed by atoms with Crippen molar-refractivity contribution >= 4 is 0 Å². The van der Waals surface area contributed by atoms with Crippen molar-refractivity contribution in [3.8, 4) is 0 Å². The van der Waals surface area contributed by atoms with E-state index in [-0.39, 0.29) is 6.54 Å². The number of rotatable bonds is 3. The second-order valence-electron chi connectivity index (χ2n) is 3.58. The largest absolute Gasteiger partial charge is 0.403 e. The van der Waals surface area contributed by atoms with Crippen LogP contribution in [0.2, 0.25) is 0 Å². The van der Waals surface area contributed by atoms with Crippen LogP contribution in [0.15, 0.2) is 12.4 Å². The SMILES string of the molecule is CCn1ccnc1C(O)C(C(F)(F)F)C(F)(F)F. The zero-order valence-electron chi connectivity index (χ0n) is 9.13. The molecule has 0 aliphatic carbocycles. The van der Waals surface area contributed by atoms with Gasteiger partial charge < -0.3 is 9.67 Å². The predicted molar refractivity (Wildman–Crippen MR) is 48.5 cm³/mol. The Labute approximate surface area is 98.0 Å². The van der Waals surface area contributed by atoms with Gasteiger partial charge in [0.25, 0.3) is 0 Å². The molecule has 1 N–H and O–H groups in total. The lowest BCUT2D eigenvalue weighted by molar-refractivity contribution is -0.308. The molecule has 0 aromatic carbocycles. The summed E-state index contributed by atoms with van der Waals surface area (Å²) in [5.74, 6) is -4.50. The third-order valence-electron chi connectivity index (χ3n) is 2.37. The predicted octanol–water partition coefficient (Wildman–Crippen LogP) is 2.68. The first-order valence-electron chi connectivity index (χ1n) is 4.91. The number of aromatic nitrogens is 2. The molecule has 0 aliphatic heterocycles. The Morgan fingerprint density at radius 3 is 2.11 bits per heavy atom. The van der Waals surface area contributed by atoms with Crippen LogP contribution in [0, 0.1) is 5.92 Å². The Balaban J connectivity index is 3.16. The fourth-order valence-electron chi connectivity index (χ4n) is 1.55. The summed E-state index contributed by atoms with van der Waals surface area (Å²) < 4.78 is 75.3. The van der Waals surface area contributed by atoms with Crippen LogP contribution >= 0.6 is 0 Å². The standard InChI is InChI=1S/C9H10F6N2O/c1-2-17-4-3-16-7(17)5(18)6(8(10,11)12)9(13,14)15/h3-6,18H,2H2,1H3. The number of nitrogens with zero attached hydrogens (tertiary/aromatic N) is 2. The highest BCUT2D eigenvalue weighted by Crippen LogP contribution is 2.45. The van der Waals surface area contributed by atoms with Gasteiger partial charge in [0.1, 0.15) is 11.9 Å². The van der Waals surface area contributed by atoms with Crippen molar-refractivity contribution in [3.05, 3.63) is 18.2 Å². The summed E-state index contributed by atoms with van der Waals surface area (Å²) in [5.41, 5.74) is 0. The van der Waals surface area contributed by atoms with Crippen LogP contribution in [0.3, 0.4) is 0 Å². The molecule has 1 heterocycles. The molecule has 104 valence electrons. The molecule has 0 bridgehead atoms. The molecule has 0 fully saturated rings. The molecule has 0 saturated carbocycles. The second kappa shape index (κ2) is 4.79. The Morgan fingerprint density at radius 1 is 1.22 bits per heavy atom. The number of aryl methyl sites for hydroxylation is 1. The van der Waals surface area contributed by atoms with E-state index in [9.17, 15) is 31.4 Å². The van der Waals surface area contributed by atoms with Crippen LogP contribution in [0.4, 0.5) is 26.3 Å². The number of hydrogen-bond acceptors (Lipinski definition) is 2. The van der Waals surface area contributed by atoms with Gasteiger partial charge >= 0.3 is 12.4 Å². The van der Waals surface area contributed by atoms with Gasteiger partial charge in [-0.1, -0.05) is 0 Å².